The molecule has 0 bridgehead atoms. The van der Waals surface area contributed by atoms with E-state index in [-0.39, 0.29) is 12.4 Å². The lowest BCUT2D eigenvalue weighted by Gasteiger charge is -2.17. The van der Waals surface area contributed by atoms with Gasteiger partial charge >= 0.3 is 0 Å². The molecule has 1 heterocycles. The van der Waals surface area contributed by atoms with Gasteiger partial charge in [0.2, 0.25) is 0 Å². The van der Waals surface area contributed by atoms with Crippen molar-refractivity contribution in [1.29, 1.82) is 0 Å². The summed E-state index contributed by atoms with van der Waals surface area (Å²) in [5.74, 6) is 1.64. The van der Waals surface area contributed by atoms with E-state index in [1.807, 2.05) is 25.2 Å². The quantitative estimate of drug-likeness (QED) is 0.905. The number of rotatable bonds is 5. The van der Waals surface area contributed by atoms with Gasteiger partial charge in [-0.1, -0.05) is 11.6 Å². The molecular formula is C14H22Cl2N2O. The molecule has 108 valence electrons. The Morgan fingerprint density at radius 3 is 2.95 bits per heavy atom. The van der Waals surface area contributed by atoms with E-state index in [0.29, 0.717) is 0 Å². The number of hydrogen-bond acceptors (Lipinski definition) is 3. The van der Waals surface area contributed by atoms with Crippen LogP contribution in [0.25, 0.3) is 0 Å². The minimum absolute atomic E-state index is 0. The van der Waals surface area contributed by atoms with Crippen molar-refractivity contribution in [2.24, 2.45) is 5.92 Å². The van der Waals surface area contributed by atoms with Gasteiger partial charge in [0.05, 0.1) is 7.11 Å². The Morgan fingerprint density at radius 1 is 1.47 bits per heavy atom. The number of halogens is 2. The van der Waals surface area contributed by atoms with Gasteiger partial charge in [-0.3, -0.25) is 4.90 Å². The minimum Gasteiger partial charge on any atom is -0.497 e. The first-order valence-corrected chi connectivity index (χ1v) is 6.80. The fourth-order valence-corrected chi connectivity index (χ4v) is 2.73. The molecule has 0 amide bonds. The van der Waals surface area contributed by atoms with E-state index in [2.05, 4.69) is 10.2 Å². The Bertz CT molecular complexity index is 401. The zero-order valence-corrected chi connectivity index (χ0v) is 13.1. The monoisotopic (exact) mass is 304 g/mol. The van der Waals surface area contributed by atoms with E-state index in [0.717, 1.165) is 48.4 Å². The van der Waals surface area contributed by atoms with E-state index in [1.54, 1.807) is 7.11 Å². The maximum Gasteiger partial charge on any atom is 0.119 e. The minimum atomic E-state index is 0. The Kier molecular flexibility index (Phi) is 6.94. The lowest BCUT2D eigenvalue weighted by Crippen LogP contribution is -2.24. The van der Waals surface area contributed by atoms with Crippen LogP contribution in [0, 0.1) is 5.92 Å². The molecule has 1 aliphatic rings. The summed E-state index contributed by atoms with van der Waals surface area (Å²) in [6, 6.07) is 5.85. The molecule has 2 rings (SSSR count). The largest absolute Gasteiger partial charge is 0.497 e. The van der Waals surface area contributed by atoms with Crippen LogP contribution < -0.4 is 10.1 Å². The summed E-state index contributed by atoms with van der Waals surface area (Å²) in [5, 5.41) is 4.08. The van der Waals surface area contributed by atoms with Gasteiger partial charge in [-0.15, -0.1) is 12.4 Å². The van der Waals surface area contributed by atoms with Gasteiger partial charge in [-0.05, 0) is 56.2 Å². The molecule has 1 fully saturated rings. The standard InChI is InChI=1S/C14H21ClN2O.ClH/c1-16-8-11-5-6-17(9-11)10-12-7-13(18-2)3-4-14(12)15;/h3-4,7,11,16H,5-6,8-10H2,1-2H3;1H. The second-order valence-electron chi connectivity index (χ2n) is 4.90. The van der Waals surface area contributed by atoms with Crippen molar-refractivity contribution < 1.29 is 4.74 Å². The molecule has 1 unspecified atom stereocenters. The van der Waals surface area contributed by atoms with Crippen molar-refractivity contribution in [3.63, 3.8) is 0 Å². The first-order chi connectivity index (χ1) is 8.72. The van der Waals surface area contributed by atoms with Crippen LogP contribution in [0.2, 0.25) is 5.02 Å². The topological polar surface area (TPSA) is 24.5 Å². The highest BCUT2D eigenvalue weighted by atomic mass is 35.5. The Morgan fingerprint density at radius 2 is 2.26 bits per heavy atom. The van der Waals surface area contributed by atoms with Gasteiger partial charge in [-0.25, -0.2) is 0 Å². The SMILES string of the molecule is CNCC1CCN(Cc2cc(OC)ccc2Cl)C1.Cl. The maximum atomic E-state index is 6.23. The molecule has 5 heteroatoms. The molecular weight excluding hydrogens is 283 g/mol. The zero-order valence-electron chi connectivity index (χ0n) is 11.5. The van der Waals surface area contributed by atoms with Crippen molar-refractivity contribution in [2.75, 3.05) is 33.8 Å². The lowest BCUT2D eigenvalue weighted by molar-refractivity contribution is 0.314. The highest BCUT2D eigenvalue weighted by Gasteiger charge is 2.22. The van der Waals surface area contributed by atoms with Crippen molar-refractivity contribution >= 4 is 24.0 Å². The van der Waals surface area contributed by atoms with Crippen LogP contribution >= 0.6 is 24.0 Å². The van der Waals surface area contributed by atoms with Crippen molar-refractivity contribution in [2.45, 2.75) is 13.0 Å². The van der Waals surface area contributed by atoms with Gasteiger partial charge in [0.25, 0.3) is 0 Å². The maximum absolute atomic E-state index is 6.23. The van der Waals surface area contributed by atoms with Crippen LogP contribution in [0.4, 0.5) is 0 Å². The normalized spacial score (nSPS) is 19.2. The first-order valence-electron chi connectivity index (χ1n) is 6.42. The van der Waals surface area contributed by atoms with Gasteiger partial charge in [0.15, 0.2) is 0 Å². The third kappa shape index (κ3) is 4.53. The predicted octanol–water partition coefficient (Wildman–Crippen LogP) is 2.81. The van der Waals surface area contributed by atoms with Crippen LogP contribution in [0.3, 0.4) is 0 Å². The van der Waals surface area contributed by atoms with E-state index in [1.165, 1.54) is 6.42 Å². The summed E-state index contributed by atoms with van der Waals surface area (Å²) >= 11 is 6.23. The highest BCUT2D eigenvalue weighted by Crippen LogP contribution is 2.25. The predicted molar refractivity (Wildman–Crippen MR) is 82.6 cm³/mol. The second kappa shape index (κ2) is 7.95. The molecule has 1 aromatic carbocycles. The molecule has 0 aliphatic carbocycles. The zero-order chi connectivity index (χ0) is 13.0. The van der Waals surface area contributed by atoms with Crippen LogP contribution in [0.15, 0.2) is 18.2 Å². The lowest BCUT2D eigenvalue weighted by atomic mass is 10.1. The summed E-state index contributed by atoms with van der Waals surface area (Å²) < 4.78 is 5.25. The van der Waals surface area contributed by atoms with E-state index >= 15 is 0 Å². The Balaban J connectivity index is 0.00000180. The third-order valence-electron chi connectivity index (χ3n) is 3.51. The highest BCUT2D eigenvalue weighted by molar-refractivity contribution is 6.31. The van der Waals surface area contributed by atoms with Crippen molar-refractivity contribution in [3.05, 3.63) is 28.8 Å². The molecule has 1 saturated heterocycles. The average Bonchev–Trinajstić information content (AvgIpc) is 2.80. The number of nitrogens with one attached hydrogen (secondary N) is 1. The van der Waals surface area contributed by atoms with Crippen LogP contribution in [-0.2, 0) is 6.54 Å². The van der Waals surface area contributed by atoms with Crippen LogP contribution in [0.1, 0.15) is 12.0 Å². The number of hydrogen-bond donors (Lipinski definition) is 1. The van der Waals surface area contributed by atoms with E-state index in [4.69, 9.17) is 16.3 Å². The first kappa shape index (κ1) is 16.6. The number of benzene rings is 1. The molecule has 1 aliphatic heterocycles. The van der Waals surface area contributed by atoms with Gasteiger partial charge in [-0.2, -0.15) is 0 Å². The smallest absolute Gasteiger partial charge is 0.119 e. The molecule has 3 nitrogen and oxygen atoms in total. The molecule has 0 spiro atoms. The Hall–Kier alpha value is -0.480. The Labute approximate surface area is 126 Å². The number of methoxy groups -OCH3 is 1. The summed E-state index contributed by atoms with van der Waals surface area (Å²) in [5.41, 5.74) is 1.15. The van der Waals surface area contributed by atoms with Crippen molar-refractivity contribution in [1.82, 2.24) is 10.2 Å². The molecule has 1 atom stereocenters. The van der Waals surface area contributed by atoms with Gasteiger partial charge in [0.1, 0.15) is 5.75 Å². The van der Waals surface area contributed by atoms with Gasteiger partial charge < -0.3 is 10.1 Å². The summed E-state index contributed by atoms with van der Waals surface area (Å²) in [7, 11) is 3.70. The number of nitrogens with zero attached hydrogens (tertiary/aromatic N) is 1. The summed E-state index contributed by atoms with van der Waals surface area (Å²) in [4.78, 5) is 2.46. The fraction of sp³-hybridized carbons (Fsp3) is 0.571. The molecule has 0 saturated carbocycles. The second-order valence-corrected chi connectivity index (χ2v) is 5.31. The molecule has 19 heavy (non-hydrogen) atoms. The molecule has 0 aromatic heterocycles. The molecule has 1 aromatic rings. The van der Waals surface area contributed by atoms with E-state index < -0.39 is 0 Å². The van der Waals surface area contributed by atoms with Crippen LogP contribution in [0.5, 0.6) is 5.75 Å². The van der Waals surface area contributed by atoms with Crippen LogP contribution in [-0.4, -0.2) is 38.7 Å². The molecule has 0 radical (unpaired) electrons. The van der Waals surface area contributed by atoms with Crippen molar-refractivity contribution in [3.8, 4) is 5.75 Å². The molecule has 1 N–H and O–H groups in total. The van der Waals surface area contributed by atoms with E-state index in [9.17, 15) is 0 Å². The fourth-order valence-electron chi connectivity index (χ4n) is 2.55. The summed E-state index contributed by atoms with van der Waals surface area (Å²) in [6.45, 7) is 4.31. The van der Waals surface area contributed by atoms with Gasteiger partial charge in [0, 0.05) is 18.1 Å². The number of ether oxygens (including phenoxy) is 1. The number of likely N-dealkylation sites (tertiary alicyclic amines) is 1. The third-order valence-corrected chi connectivity index (χ3v) is 3.88. The average molecular weight is 305 g/mol. The summed E-state index contributed by atoms with van der Waals surface area (Å²) in [6.07, 6.45) is 1.27.